The first-order chi connectivity index (χ1) is 14.9. The predicted octanol–water partition coefficient (Wildman–Crippen LogP) is -1.15. The van der Waals surface area contributed by atoms with Crippen LogP contribution < -0.4 is 5.73 Å². The molecule has 4 rings (SSSR count). The van der Waals surface area contributed by atoms with Crippen molar-refractivity contribution in [1.29, 1.82) is 0 Å². The van der Waals surface area contributed by atoms with Gasteiger partial charge in [-0.05, 0) is 25.7 Å². The number of fused-ring (bicyclic) bond motifs is 3. The number of halogens is 1. The van der Waals surface area contributed by atoms with E-state index in [1.165, 1.54) is 37.2 Å². The molecule has 1 fully saturated rings. The number of ketones is 2. The Kier molecular flexibility index (Phi) is 5.85. The summed E-state index contributed by atoms with van der Waals surface area (Å²) in [4.78, 5) is 39.7. The van der Waals surface area contributed by atoms with Gasteiger partial charge in [0.1, 0.15) is 22.8 Å². The van der Waals surface area contributed by atoms with Gasteiger partial charge in [0.05, 0.1) is 29.7 Å². The number of carbonyl (C=O) groups is 3. The number of benzene rings is 1. The van der Waals surface area contributed by atoms with E-state index in [0.717, 1.165) is 0 Å². The van der Waals surface area contributed by atoms with Gasteiger partial charge in [-0.15, -0.1) is 12.4 Å². The molecular formula is C21H23ClN2O9. The largest absolute Gasteiger partial charge is 0.508 e. The van der Waals surface area contributed by atoms with Gasteiger partial charge in [-0.3, -0.25) is 19.3 Å². The fraction of sp³-hybridized carbons (Fsp3) is 0.381. The van der Waals surface area contributed by atoms with Crippen molar-refractivity contribution in [3.63, 3.8) is 0 Å². The molecule has 0 spiro atoms. The number of aliphatic hydroxyl groups is 5. The number of aromatic hydroxyl groups is 1. The number of primary amides is 1. The number of likely N-dealkylation sites (N-methyl/N-ethyl adjacent to an activating group) is 1. The Hall–Kier alpha value is -2.96. The van der Waals surface area contributed by atoms with Crippen LogP contribution >= 0.6 is 12.4 Å². The highest BCUT2D eigenvalue weighted by molar-refractivity contribution is 6.24. The van der Waals surface area contributed by atoms with Crippen LogP contribution in [0.3, 0.4) is 0 Å². The highest BCUT2D eigenvalue weighted by atomic mass is 35.5. The average Bonchev–Trinajstić information content (AvgIpc) is 2.70. The maximum absolute atomic E-state index is 13.5. The van der Waals surface area contributed by atoms with Crippen molar-refractivity contribution >= 4 is 35.6 Å². The van der Waals surface area contributed by atoms with Gasteiger partial charge in [-0.2, -0.15) is 0 Å². The first-order valence-corrected chi connectivity index (χ1v) is 9.70. The number of aliphatic hydroxyl groups excluding tert-OH is 4. The zero-order valence-corrected chi connectivity index (χ0v) is 18.3. The standard InChI is InChI=1S/C21H22N2O9.ClH/c1-23(2)13-12-16(27)9-10(15(26)8-6(14(9)25)4-3-5-7(8)24)18(29)21(12,32)19(30)11(17(13)28)20(22)31;/h3-5,9,12-14,16,24-27,30,32H,1-2H3,(H2,22,31);1H/t9?,12?,13-,14-,16-,21-;/m0./s1. The van der Waals surface area contributed by atoms with Gasteiger partial charge >= 0.3 is 0 Å². The fourth-order valence-corrected chi connectivity index (χ4v) is 5.24. The highest BCUT2D eigenvalue weighted by Gasteiger charge is 2.68. The quantitative estimate of drug-likeness (QED) is 0.252. The van der Waals surface area contributed by atoms with Crippen LogP contribution in [0.25, 0.3) is 5.76 Å². The monoisotopic (exact) mass is 482 g/mol. The molecule has 1 saturated carbocycles. The van der Waals surface area contributed by atoms with Crippen LogP contribution in [0.5, 0.6) is 5.75 Å². The molecule has 0 radical (unpaired) electrons. The van der Waals surface area contributed by atoms with E-state index in [2.05, 4.69) is 0 Å². The molecule has 3 aliphatic rings. The van der Waals surface area contributed by atoms with Crippen LogP contribution in [0, 0.1) is 11.8 Å². The maximum Gasteiger partial charge on any atom is 0.255 e. The predicted molar refractivity (Wildman–Crippen MR) is 114 cm³/mol. The van der Waals surface area contributed by atoms with Crippen LogP contribution in [0.4, 0.5) is 0 Å². The number of hydrogen-bond acceptors (Lipinski definition) is 10. The molecule has 1 aromatic carbocycles. The van der Waals surface area contributed by atoms with E-state index in [0.29, 0.717) is 0 Å². The molecular weight excluding hydrogens is 460 g/mol. The Morgan fingerprint density at radius 2 is 1.73 bits per heavy atom. The fourth-order valence-electron chi connectivity index (χ4n) is 5.24. The van der Waals surface area contributed by atoms with E-state index in [4.69, 9.17) is 5.73 Å². The summed E-state index contributed by atoms with van der Waals surface area (Å²) < 4.78 is 0. The lowest BCUT2D eigenvalue weighted by molar-refractivity contribution is -0.174. The molecule has 8 N–H and O–H groups in total. The van der Waals surface area contributed by atoms with Gasteiger partial charge in [0.2, 0.25) is 5.78 Å². The lowest BCUT2D eigenvalue weighted by Gasteiger charge is -2.53. The third kappa shape index (κ3) is 2.94. The summed E-state index contributed by atoms with van der Waals surface area (Å²) in [6.45, 7) is 0. The van der Waals surface area contributed by atoms with Crippen molar-refractivity contribution in [2.24, 2.45) is 17.6 Å². The van der Waals surface area contributed by atoms with Crippen LogP contribution in [0.2, 0.25) is 0 Å². The number of amides is 1. The minimum Gasteiger partial charge on any atom is -0.508 e. The highest BCUT2D eigenvalue weighted by Crippen LogP contribution is 2.55. The van der Waals surface area contributed by atoms with Gasteiger partial charge in [0.25, 0.3) is 5.91 Å². The molecule has 0 aromatic heterocycles. The third-order valence-corrected chi connectivity index (χ3v) is 6.62. The SMILES string of the molecule is CN(C)[C@@H]1C(=O)C(C(N)=O)=C(O)[C@@]2(O)C(=O)C3=C(O)c4c(O)cccc4[C@H](O)C3[C@H](O)C12.Cl. The number of nitrogens with two attached hydrogens (primary N) is 1. The maximum atomic E-state index is 13.5. The lowest BCUT2D eigenvalue weighted by Crippen LogP contribution is -2.70. The zero-order valence-electron chi connectivity index (χ0n) is 17.5. The van der Waals surface area contributed by atoms with E-state index >= 15 is 0 Å². The van der Waals surface area contributed by atoms with Crippen molar-refractivity contribution in [2.45, 2.75) is 23.9 Å². The topological polar surface area (TPSA) is 202 Å². The summed E-state index contributed by atoms with van der Waals surface area (Å²) in [5, 5.41) is 65.3. The Morgan fingerprint density at radius 1 is 1.12 bits per heavy atom. The first kappa shape index (κ1) is 24.7. The smallest absolute Gasteiger partial charge is 0.255 e. The Labute approximate surface area is 193 Å². The summed E-state index contributed by atoms with van der Waals surface area (Å²) in [5.41, 5.74) is 0.311. The Morgan fingerprint density at radius 3 is 2.27 bits per heavy atom. The summed E-state index contributed by atoms with van der Waals surface area (Å²) in [5.74, 6) is -9.56. The normalized spacial score (nSPS) is 33.3. The van der Waals surface area contributed by atoms with Crippen LogP contribution in [-0.2, 0) is 14.4 Å². The molecule has 2 unspecified atom stereocenters. The average molecular weight is 483 g/mol. The van der Waals surface area contributed by atoms with E-state index < -0.39 is 81.6 Å². The molecule has 0 bridgehead atoms. The van der Waals surface area contributed by atoms with Gasteiger partial charge in [0, 0.05) is 11.5 Å². The Balaban J connectivity index is 0.00000306. The number of Topliss-reactive ketones (excluding diaryl/α,β-unsaturated/α-hetero) is 2. The number of carbonyl (C=O) groups excluding carboxylic acids is 3. The number of phenolic OH excluding ortho intramolecular Hbond substituents is 1. The van der Waals surface area contributed by atoms with Crippen molar-refractivity contribution in [1.82, 2.24) is 4.90 Å². The molecule has 12 heteroatoms. The van der Waals surface area contributed by atoms with Crippen molar-refractivity contribution in [3.8, 4) is 5.75 Å². The van der Waals surface area contributed by atoms with Crippen molar-refractivity contribution < 1.29 is 45.0 Å². The summed E-state index contributed by atoms with van der Waals surface area (Å²) in [6.07, 6.45) is -3.44. The lowest BCUT2D eigenvalue weighted by atomic mass is 9.55. The van der Waals surface area contributed by atoms with Crippen molar-refractivity contribution in [2.75, 3.05) is 14.1 Å². The number of nitrogens with zero attached hydrogens (tertiary/aromatic N) is 1. The van der Waals surface area contributed by atoms with Crippen LogP contribution in [0.1, 0.15) is 17.2 Å². The molecule has 0 aliphatic heterocycles. The van der Waals surface area contributed by atoms with E-state index in [9.17, 15) is 45.0 Å². The molecule has 0 heterocycles. The number of hydrogen-bond donors (Lipinski definition) is 7. The molecule has 1 aromatic rings. The molecule has 3 aliphatic carbocycles. The summed E-state index contributed by atoms with van der Waals surface area (Å²) >= 11 is 0. The zero-order chi connectivity index (χ0) is 23.9. The molecule has 0 saturated heterocycles. The molecule has 6 atom stereocenters. The van der Waals surface area contributed by atoms with Gasteiger partial charge in [-0.1, -0.05) is 12.1 Å². The molecule has 33 heavy (non-hydrogen) atoms. The van der Waals surface area contributed by atoms with Crippen LogP contribution in [0.15, 0.2) is 35.1 Å². The van der Waals surface area contributed by atoms with Gasteiger partial charge in [-0.25, -0.2) is 0 Å². The molecule has 178 valence electrons. The minimum atomic E-state index is -3.01. The van der Waals surface area contributed by atoms with E-state index in [1.54, 1.807) is 0 Å². The Bertz CT molecular complexity index is 1140. The van der Waals surface area contributed by atoms with Crippen molar-refractivity contribution in [3.05, 3.63) is 46.2 Å². The van der Waals surface area contributed by atoms with Gasteiger partial charge < -0.3 is 36.4 Å². The van der Waals surface area contributed by atoms with E-state index in [-0.39, 0.29) is 23.5 Å². The minimum absolute atomic E-state index is 0. The third-order valence-electron chi connectivity index (χ3n) is 6.62. The summed E-state index contributed by atoms with van der Waals surface area (Å²) in [6, 6.07) is 2.50. The number of rotatable bonds is 2. The van der Waals surface area contributed by atoms with Gasteiger partial charge in [0.15, 0.2) is 11.4 Å². The first-order valence-electron chi connectivity index (χ1n) is 9.70. The molecule has 11 nitrogen and oxygen atoms in total. The van der Waals surface area contributed by atoms with E-state index in [1.807, 2.05) is 0 Å². The number of phenols is 1. The second-order valence-corrected chi connectivity index (χ2v) is 8.45. The molecule has 1 amide bonds. The summed E-state index contributed by atoms with van der Waals surface area (Å²) in [7, 11) is 2.79. The van der Waals surface area contributed by atoms with Crippen LogP contribution in [-0.4, -0.2) is 84.9 Å². The second kappa shape index (κ2) is 7.82. The second-order valence-electron chi connectivity index (χ2n) is 8.45.